The molecule has 0 atom stereocenters. The Balaban J connectivity index is 1.71. The highest BCUT2D eigenvalue weighted by atomic mass is 16.3. The van der Waals surface area contributed by atoms with Crippen LogP contribution in [0.1, 0.15) is 10.4 Å². The fraction of sp³-hybridized carbons (Fsp3) is 0.333. The third-order valence-electron chi connectivity index (χ3n) is 4.40. The van der Waals surface area contributed by atoms with Gasteiger partial charge in [0.1, 0.15) is 5.75 Å². The lowest BCUT2D eigenvalue weighted by Crippen LogP contribution is -2.50. The van der Waals surface area contributed by atoms with E-state index in [0.29, 0.717) is 38.3 Å². The van der Waals surface area contributed by atoms with Crippen LogP contribution >= 0.6 is 0 Å². The first kappa shape index (κ1) is 16.3. The number of phenols is 1. The van der Waals surface area contributed by atoms with Crippen molar-refractivity contribution in [2.45, 2.75) is 0 Å². The molecule has 126 valence electrons. The number of nitrogens with zero attached hydrogens (tertiary/aromatic N) is 2. The lowest BCUT2D eigenvalue weighted by molar-refractivity contribution is -0.122. The Bertz CT molecular complexity index is 767. The number of benzene rings is 2. The zero-order valence-corrected chi connectivity index (χ0v) is 13.7. The molecule has 6 heteroatoms. The molecule has 24 heavy (non-hydrogen) atoms. The summed E-state index contributed by atoms with van der Waals surface area (Å²) in [6.45, 7) is 2.73. The summed E-state index contributed by atoms with van der Waals surface area (Å²) in [6, 6.07) is 11.0. The van der Waals surface area contributed by atoms with Gasteiger partial charge in [-0.25, -0.2) is 0 Å². The fourth-order valence-electron chi connectivity index (χ4n) is 2.96. The van der Waals surface area contributed by atoms with E-state index >= 15 is 0 Å². The molecule has 1 saturated heterocycles. The Labute approximate surface area is 140 Å². The van der Waals surface area contributed by atoms with Crippen LogP contribution in [-0.2, 0) is 4.79 Å². The summed E-state index contributed by atoms with van der Waals surface area (Å²) in [6.07, 6.45) is 0. The van der Waals surface area contributed by atoms with Crippen LogP contribution in [0.5, 0.6) is 5.75 Å². The van der Waals surface area contributed by atoms with E-state index in [-0.39, 0.29) is 17.6 Å². The summed E-state index contributed by atoms with van der Waals surface area (Å²) >= 11 is 0. The predicted molar refractivity (Wildman–Crippen MR) is 92.0 cm³/mol. The highest BCUT2D eigenvalue weighted by Gasteiger charge is 2.24. The molecule has 0 aliphatic carbocycles. The zero-order chi connectivity index (χ0) is 17.1. The third kappa shape index (κ3) is 3.33. The minimum Gasteiger partial charge on any atom is -0.507 e. The molecule has 1 aliphatic rings. The molecule has 0 saturated carbocycles. The molecule has 0 aromatic heterocycles. The molecule has 3 rings (SSSR count). The van der Waals surface area contributed by atoms with E-state index in [1.807, 2.05) is 29.2 Å². The number of hydrogen-bond acceptors (Lipinski definition) is 4. The van der Waals surface area contributed by atoms with Crippen molar-refractivity contribution in [3.63, 3.8) is 0 Å². The van der Waals surface area contributed by atoms with Crippen molar-refractivity contribution in [1.29, 1.82) is 0 Å². The molecule has 1 fully saturated rings. The molecule has 1 heterocycles. The van der Waals surface area contributed by atoms with Crippen molar-refractivity contribution in [3.8, 4) is 5.75 Å². The van der Waals surface area contributed by atoms with Gasteiger partial charge in [-0.2, -0.15) is 0 Å². The van der Waals surface area contributed by atoms with Gasteiger partial charge in [0.05, 0.1) is 12.1 Å². The Morgan fingerprint density at radius 1 is 1.08 bits per heavy atom. The lowest BCUT2D eigenvalue weighted by Gasteiger charge is -2.34. The number of piperazine rings is 1. The first-order valence-electron chi connectivity index (χ1n) is 8.02. The van der Waals surface area contributed by atoms with Crippen LogP contribution in [0.15, 0.2) is 36.4 Å². The van der Waals surface area contributed by atoms with Crippen LogP contribution in [0.2, 0.25) is 0 Å². The molecule has 0 spiro atoms. The van der Waals surface area contributed by atoms with E-state index in [9.17, 15) is 14.7 Å². The second-order valence-corrected chi connectivity index (χ2v) is 5.96. The number of amides is 2. The summed E-state index contributed by atoms with van der Waals surface area (Å²) < 4.78 is 0. The van der Waals surface area contributed by atoms with Gasteiger partial charge in [-0.1, -0.05) is 24.3 Å². The molecule has 2 amide bonds. The summed E-state index contributed by atoms with van der Waals surface area (Å²) in [5.74, 6) is -0.189. The Morgan fingerprint density at radius 3 is 2.33 bits per heavy atom. The number of likely N-dealkylation sites (N-methyl/N-ethyl adjacent to an activating group) is 1. The Kier molecular flexibility index (Phi) is 4.66. The number of hydrogen-bond donors (Lipinski definition) is 2. The standard InChI is InChI=1S/C18H21N3O3/c1-19-17(23)12-20-6-8-21(9-7-20)18(24)15-10-13-4-2-3-5-14(13)11-16(15)22/h2-5,10-11,22H,6-9,12H2,1H3,(H,19,23). The molecule has 2 N–H and O–H groups in total. The number of rotatable bonds is 3. The summed E-state index contributed by atoms with van der Waals surface area (Å²) in [5, 5.41) is 14.6. The lowest BCUT2D eigenvalue weighted by atomic mass is 10.0. The summed E-state index contributed by atoms with van der Waals surface area (Å²) in [7, 11) is 1.62. The van der Waals surface area contributed by atoms with Crippen LogP contribution in [0, 0.1) is 0 Å². The first-order chi connectivity index (χ1) is 11.6. The van der Waals surface area contributed by atoms with Gasteiger partial charge in [-0.15, -0.1) is 0 Å². The van der Waals surface area contributed by atoms with E-state index in [2.05, 4.69) is 5.32 Å². The van der Waals surface area contributed by atoms with Crippen molar-refractivity contribution in [3.05, 3.63) is 42.0 Å². The van der Waals surface area contributed by atoms with Crippen molar-refractivity contribution in [1.82, 2.24) is 15.1 Å². The van der Waals surface area contributed by atoms with Crippen LogP contribution in [0.4, 0.5) is 0 Å². The number of carbonyl (C=O) groups excluding carboxylic acids is 2. The molecule has 2 aromatic carbocycles. The number of phenolic OH excluding ortho intramolecular Hbond substituents is 1. The predicted octanol–water partition coefficient (Wildman–Crippen LogP) is 1.05. The van der Waals surface area contributed by atoms with Crippen LogP contribution in [0.3, 0.4) is 0 Å². The SMILES string of the molecule is CNC(=O)CN1CCN(C(=O)c2cc3ccccc3cc2O)CC1. The number of nitrogens with one attached hydrogen (secondary N) is 1. The topological polar surface area (TPSA) is 72.9 Å². The maximum absolute atomic E-state index is 12.7. The monoisotopic (exact) mass is 327 g/mol. The van der Waals surface area contributed by atoms with Crippen LogP contribution in [-0.4, -0.2) is 66.5 Å². The van der Waals surface area contributed by atoms with Gasteiger partial charge in [-0.05, 0) is 22.9 Å². The second kappa shape index (κ2) is 6.88. The summed E-state index contributed by atoms with van der Waals surface area (Å²) in [4.78, 5) is 27.9. The molecule has 0 unspecified atom stereocenters. The van der Waals surface area contributed by atoms with E-state index in [1.165, 1.54) is 0 Å². The minimum atomic E-state index is -0.169. The van der Waals surface area contributed by atoms with Gasteiger partial charge < -0.3 is 15.3 Å². The van der Waals surface area contributed by atoms with E-state index in [0.717, 1.165) is 10.8 Å². The molecule has 1 aliphatic heterocycles. The molecule has 2 aromatic rings. The second-order valence-electron chi connectivity index (χ2n) is 5.96. The van der Waals surface area contributed by atoms with E-state index in [4.69, 9.17) is 0 Å². The zero-order valence-electron chi connectivity index (χ0n) is 13.7. The number of carbonyl (C=O) groups is 2. The van der Waals surface area contributed by atoms with Crippen LogP contribution in [0.25, 0.3) is 10.8 Å². The highest BCUT2D eigenvalue weighted by molar-refractivity contribution is 6.01. The van der Waals surface area contributed by atoms with Gasteiger partial charge in [0.2, 0.25) is 5.91 Å². The fourth-order valence-corrected chi connectivity index (χ4v) is 2.96. The normalized spacial score (nSPS) is 15.5. The van der Waals surface area contributed by atoms with Gasteiger partial charge in [-0.3, -0.25) is 14.5 Å². The van der Waals surface area contributed by atoms with Gasteiger partial charge >= 0.3 is 0 Å². The molecular formula is C18H21N3O3. The number of fused-ring (bicyclic) bond motifs is 1. The van der Waals surface area contributed by atoms with Crippen molar-refractivity contribution in [2.24, 2.45) is 0 Å². The maximum atomic E-state index is 12.7. The molecular weight excluding hydrogens is 306 g/mol. The smallest absolute Gasteiger partial charge is 0.257 e. The minimum absolute atomic E-state index is 0.00601. The number of aromatic hydroxyl groups is 1. The average Bonchev–Trinajstić information content (AvgIpc) is 2.61. The third-order valence-corrected chi connectivity index (χ3v) is 4.40. The van der Waals surface area contributed by atoms with E-state index < -0.39 is 0 Å². The van der Waals surface area contributed by atoms with Gasteiger partial charge in [0.15, 0.2) is 0 Å². The average molecular weight is 327 g/mol. The van der Waals surface area contributed by atoms with E-state index in [1.54, 1.807) is 24.1 Å². The van der Waals surface area contributed by atoms with Gasteiger partial charge in [0.25, 0.3) is 5.91 Å². The highest BCUT2D eigenvalue weighted by Crippen LogP contribution is 2.26. The van der Waals surface area contributed by atoms with Gasteiger partial charge in [0, 0.05) is 33.2 Å². The Morgan fingerprint density at radius 2 is 1.71 bits per heavy atom. The largest absolute Gasteiger partial charge is 0.507 e. The van der Waals surface area contributed by atoms with Crippen LogP contribution < -0.4 is 5.32 Å². The van der Waals surface area contributed by atoms with Crippen molar-refractivity contribution < 1.29 is 14.7 Å². The quantitative estimate of drug-likeness (QED) is 0.884. The summed E-state index contributed by atoms with van der Waals surface area (Å²) in [5.41, 5.74) is 0.327. The van der Waals surface area contributed by atoms with Crippen molar-refractivity contribution >= 4 is 22.6 Å². The molecule has 0 bridgehead atoms. The first-order valence-corrected chi connectivity index (χ1v) is 8.02. The van der Waals surface area contributed by atoms with Crippen molar-refractivity contribution in [2.75, 3.05) is 39.8 Å². The molecule has 0 radical (unpaired) electrons. The molecule has 6 nitrogen and oxygen atoms in total. The maximum Gasteiger partial charge on any atom is 0.257 e. The Hall–Kier alpha value is -2.60.